The molecule has 162 valence electrons. The van der Waals surface area contributed by atoms with E-state index in [0.29, 0.717) is 11.4 Å². The van der Waals surface area contributed by atoms with Gasteiger partial charge in [-0.3, -0.25) is 14.6 Å². The second-order valence-electron chi connectivity index (χ2n) is 7.65. The number of hydrogen-bond acceptors (Lipinski definition) is 5. The minimum Gasteiger partial charge on any atom is -0.319 e. The van der Waals surface area contributed by atoms with Crippen LogP contribution in [0.1, 0.15) is 12.5 Å². The summed E-state index contributed by atoms with van der Waals surface area (Å²) in [5, 5.41) is 12.6. The monoisotopic (exact) mass is 427 g/mol. The normalized spacial score (nSPS) is 17.9. The van der Waals surface area contributed by atoms with Crippen molar-refractivity contribution in [3.8, 4) is 0 Å². The zero-order chi connectivity index (χ0) is 22.7. The van der Waals surface area contributed by atoms with Crippen LogP contribution in [0.5, 0.6) is 0 Å². The Morgan fingerprint density at radius 2 is 1.41 bits per heavy atom. The molecule has 0 spiro atoms. The molecule has 7 nitrogen and oxygen atoms in total. The number of hydrazone groups is 1. The molecular formula is C25H25N5O2. The van der Waals surface area contributed by atoms with Gasteiger partial charge in [0.15, 0.2) is 0 Å². The van der Waals surface area contributed by atoms with Crippen molar-refractivity contribution in [3.05, 3.63) is 96.6 Å². The largest absolute Gasteiger partial charge is 0.319 e. The van der Waals surface area contributed by atoms with Gasteiger partial charge in [-0.25, -0.2) is 5.01 Å². The maximum atomic E-state index is 14.2. The molecule has 2 amide bonds. The molecule has 32 heavy (non-hydrogen) atoms. The fraction of sp³-hybridized carbons (Fsp3) is 0.160. The maximum Gasteiger partial charge on any atom is 0.302 e. The van der Waals surface area contributed by atoms with Crippen molar-refractivity contribution < 1.29 is 9.59 Å². The van der Waals surface area contributed by atoms with E-state index >= 15 is 0 Å². The lowest BCUT2D eigenvalue weighted by molar-refractivity contribution is -0.128. The summed E-state index contributed by atoms with van der Waals surface area (Å²) in [6.07, 6.45) is 0. The molecule has 7 heteroatoms. The van der Waals surface area contributed by atoms with Crippen LogP contribution in [-0.2, 0) is 9.59 Å². The summed E-state index contributed by atoms with van der Waals surface area (Å²) in [6.45, 7) is 1.40. The van der Waals surface area contributed by atoms with Crippen molar-refractivity contribution >= 4 is 28.9 Å². The number of hydrogen-bond donors (Lipinski definition) is 1. The van der Waals surface area contributed by atoms with Crippen molar-refractivity contribution in [2.45, 2.75) is 12.6 Å². The van der Waals surface area contributed by atoms with Crippen LogP contribution in [0.25, 0.3) is 0 Å². The number of nitrogens with zero attached hydrogens (tertiary/aromatic N) is 4. The fourth-order valence-electron chi connectivity index (χ4n) is 3.98. The predicted molar refractivity (Wildman–Crippen MR) is 126 cm³/mol. The van der Waals surface area contributed by atoms with Crippen LogP contribution >= 0.6 is 0 Å². The highest BCUT2D eigenvalue weighted by Crippen LogP contribution is 2.35. The lowest BCUT2D eigenvalue weighted by atomic mass is 9.94. The SMILES string of the molecule is CC(=O)NC1(N(c2ccccc2)N(C)C)C(=O)N(c2ccccc2)N=C1c1ccccc1. The Kier molecular flexibility index (Phi) is 5.75. The molecule has 1 heterocycles. The van der Waals surface area contributed by atoms with Crippen LogP contribution in [-0.4, -0.2) is 42.3 Å². The van der Waals surface area contributed by atoms with Gasteiger partial charge in [0.25, 0.3) is 5.66 Å². The number of benzene rings is 3. The second-order valence-corrected chi connectivity index (χ2v) is 7.65. The summed E-state index contributed by atoms with van der Waals surface area (Å²) >= 11 is 0. The van der Waals surface area contributed by atoms with Gasteiger partial charge >= 0.3 is 5.91 Å². The highest BCUT2D eigenvalue weighted by atomic mass is 16.2. The zero-order valence-electron chi connectivity index (χ0n) is 18.3. The maximum absolute atomic E-state index is 14.2. The quantitative estimate of drug-likeness (QED) is 0.484. The molecule has 0 aliphatic carbocycles. The first-order chi connectivity index (χ1) is 15.4. The smallest absolute Gasteiger partial charge is 0.302 e. The Morgan fingerprint density at radius 1 is 0.875 bits per heavy atom. The molecule has 1 unspecified atom stereocenters. The fourth-order valence-corrected chi connectivity index (χ4v) is 3.98. The van der Waals surface area contributed by atoms with Crippen LogP contribution in [0, 0.1) is 0 Å². The molecular weight excluding hydrogens is 402 g/mol. The Morgan fingerprint density at radius 3 is 1.94 bits per heavy atom. The highest BCUT2D eigenvalue weighted by molar-refractivity contribution is 6.31. The van der Waals surface area contributed by atoms with Gasteiger partial charge in [-0.15, -0.1) is 0 Å². The topological polar surface area (TPSA) is 68.2 Å². The van der Waals surface area contributed by atoms with Crippen molar-refractivity contribution in [1.82, 2.24) is 10.3 Å². The first kappa shape index (κ1) is 21.3. The second kappa shape index (κ2) is 8.64. The number of amides is 2. The first-order valence-corrected chi connectivity index (χ1v) is 10.3. The summed E-state index contributed by atoms with van der Waals surface area (Å²) < 4.78 is 0. The molecule has 0 bridgehead atoms. The molecule has 1 aliphatic rings. The number of rotatable bonds is 6. The van der Waals surface area contributed by atoms with Gasteiger partial charge in [-0.05, 0) is 24.3 Å². The summed E-state index contributed by atoms with van der Waals surface area (Å²) in [5.41, 5.74) is 0.923. The van der Waals surface area contributed by atoms with E-state index in [1.54, 1.807) is 10.0 Å². The Balaban J connectivity index is 2.00. The molecule has 1 aliphatic heterocycles. The van der Waals surface area contributed by atoms with Gasteiger partial charge in [0.1, 0.15) is 5.71 Å². The van der Waals surface area contributed by atoms with E-state index in [9.17, 15) is 9.59 Å². The summed E-state index contributed by atoms with van der Waals surface area (Å²) in [4.78, 5) is 26.7. The van der Waals surface area contributed by atoms with E-state index < -0.39 is 5.66 Å². The van der Waals surface area contributed by atoms with E-state index in [1.165, 1.54) is 11.9 Å². The number of anilines is 2. The average Bonchev–Trinajstić information content (AvgIpc) is 3.07. The van der Waals surface area contributed by atoms with Crippen LogP contribution in [0.2, 0.25) is 0 Å². The Labute approximate surface area is 187 Å². The molecule has 4 rings (SSSR count). The minimum atomic E-state index is -1.59. The molecule has 3 aromatic rings. The van der Waals surface area contributed by atoms with E-state index in [4.69, 9.17) is 5.10 Å². The van der Waals surface area contributed by atoms with Crippen LogP contribution in [0.3, 0.4) is 0 Å². The number of para-hydroxylation sites is 2. The molecule has 3 aromatic carbocycles. The standard InChI is InChI=1S/C25H25N5O2/c1-19(31)26-25(30(28(2)3)22-17-11-6-12-18-22)23(20-13-7-4-8-14-20)27-29(24(25)32)21-15-9-5-10-16-21/h4-18H,1-3H3,(H,26,31). The average molecular weight is 428 g/mol. The molecule has 0 aromatic heterocycles. The number of nitrogens with one attached hydrogen (secondary N) is 1. The van der Waals surface area contributed by atoms with Crippen molar-refractivity contribution in [1.29, 1.82) is 0 Å². The van der Waals surface area contributed by atoms with Crippen molar-refractivity contribution in [2.75, 3.05) is 24.1 Å². The van der Waals surface area contributed by atoms with E-state index in [1.807, 2.05) is 105 Å². The third-order valence-corrected chi connectivity index (χ3v) is 5.17. The van der Waals surface area contributed by atoms with Gasteiger partial charge in [-0.1, -0.05) is 66.7 Å². The summed E-state index contributed by atoms with van der Waals surface area (Å²) in [7, 11) is 3.66. The van der Waals surface area contributed by atoms with E-state index in [2.05, 4.69) is 5.32 Å². The molecule has 0 fully saturated rings. The third kappa shape index (κ3) is 3.63. The summed E-state index contributed by atoms with van der Waals surface area (Å²) in [5.74, 6) is -0.727. The molecule has 1 atom stereocenters. The van der Waals surface area contributed by atoms with E-state index in [0.717, 1.165) is 11.3 Å². The van der Waals surface area contributed by atoms with E-state index in [-0.39, 0.29) is 11.8 Å². The third-order valence-electron chi connectivity index (χ3n) is 5.17. The predicted octanol–water partition coefficient (Wildman–Crippen LogP) is 3.25. The minimum absolute atomic E-state index is 0.348. The highest BCUT2D eigenvalue weighted by Gasteiger charge is 2.58. The number of carbonyl (C=O) groups is 2. The number of hydrazine groups is 1. The molecule has 1 N–H and O–H groups in total. The van der Waals surface area contributed by atoms with Crippen molar-refractivity contribution in [2.24, 2.45) is 5.10 Å². The van der Waals surface area contributed by atoms with Crippen LogP contribution < -0.4 is 15.3 Å². The van der Waals surface area contributed by atoms with Gasteiger partial charge in [0.05, 0.1) is 11.4 Å². The lowest BCUT2D eigenvalue weighted by Gasteiger charge is -2.45. The zero-order valence-corrected chi connectivity index (χ0v) is 18.3. The molecule has 0 radical (unpaired) electrons. The Bertz CT molecular complexity index is 1130. The summed E-state index contributed by atoms with van der Waals surface area (Å²) in [6, 6.07) is 28.1. The van der Waals surface area contributed by atoms with Crippen molar-refractivity contribution in [3.63, 3.8) is 0 Å². The number of carbonyl (C=O) groups excluding carboxylic acids is 2. The Hall–Kier alpha value is -3.97. The van der Waals surface area contributed by atoms with Crippen LogP contribution in [0.15, 0.2) is 96.1 Å². The van der Waals surface area contributed by atoms with Gasteiger partial charge in [0.2, 0.25) is 5.91 Å². The van der Waals surface area contributed by atoms with Gasteiger partial charge in [-0.2, -0.15) is 10.1 Å². The first-order valence-electron chi connectivity index (χ1n) is 10.3. The van der Waals surface area contributed by atoms with Crippen LogP contribution in [0.4, 0.5) is 11.4 Å². The van der Waals surface area contributed by atoms with Gasteiger partial charge in [0, 0.05) is 26.6 Å². The molecule has 0 saturated heterocycles. The molecule has 0 saturated carbocycles. The lowest BCUT2D eigenvalue weighted by Crippen LogP contribution is -2.72. The van der Waals surface area contributed by atoms with Gasteiger partial charge < -0.3 is 5.32 Å².